The van der Waals surface area contributed by atoms with E-state index in [0.29, 0.717) is 10.3 Å². The topological polar surface area (TPSA) is 152 Å². The number of hydrogen-bond acceptors (Lipinski definition) is 13. The Labute approximate surface area is 389 Å². The van der Waals surface area contributed by atoms with Gasteiger partial charge >= 0.3 is 0 Å². The second-order valence-corrected chi connectivity index (χ2v) is 21.8. The van der Waals surface area contributed by atoms with Gasteiger partial charge in [0.1, 0.15) is 10.0 Å². The number of halogens is 1. The van der Waals surface area contributed by atoms with Gasteiger partial charge in [-0.2, -0.15) is 0 Å². The number of aromatic nitrogens is 4. The van der Waals surface area contributed by atoms with Crippen molar-refractivity contribution in [1.29, 1.82) is 0 Å². The van der Waals surface area contributed by atoms with Crippen molar-refractivity contribution < 1.29 is 16.8 Å². The SMILES string of the molecule is CN(C)c1cccc2c(S(=O)(=O)Cc3cccc(-c4nc5ccncc5s4)c3)cccc12.CN(C)c1cccc2c(S(=O)(=O)Cl)cccc12.Nc1cccc(-c2nc3ccncc3s2)c1. The standard InChI is InChI=1S/C25H21N3O2S2.C12H12ClNO2S.C12H9N3S/c1-28(2)22-10-4-9-20-19(22)8-5-11-24(20)32(29,30)16-17-6-3-7-18(14-17)25-27-21-12-13-26-15-23(21)31-25;1-14(2)11-7-3-6-10-9(11)5-4-8-12(10)17(13,15)16;13-9-3-1-2-8(6-9)12-15-10-4-5-14-7-11(10)16-12/h3-15H,16H2,1-2H3;3-8H,1-2H3;1-7H,13H2. The number of thiazole rings is 2. The minimum atomic E-state index is -3.72. The van der Waals surface area contributed by atoms with Crippen LogP contribution in [0.1, 0.15) is 5.56 Å². The third-order valence-electron chi connectivity index (χ3n) is 10.3. The minimum Gasteiger partial charge on any atom is -0.399 e. The van der Waals surface area contributed by atoms with Gasteiger partial charge in [-0.25, -0.2) is 26.8 Å². The lowest BCUT2D eigenvalue weighted by molar-refractivity contribution is 0.596. The minimum absolute atomic E-state index is 0.0708. The van der Waals surface area contributed by atoms with Gasteiger partial charge in [-0.3, -0.25) is 9.97 Å². The fraction of sp³-hybridized carbons (Fsp3) is 0.102. The van der Waals surface area contributed by atoms with Gasteiger partial charge in [0, 0.05) is 113 Å². The van der Waals surface area contributed by atoms with Gasteiger partial charge in [0.2, 0.25) is 0 Å². The summed E-state index contributed by atoms with van der Waals surface area (Å²) in [6.07, 6.45) is 7.11. The zero-order chi connectivity index (χ0) is 45.9. The maximum atomic E-state index is 13.5. The number of pyridine rings is 2. The molecule has 0 saturated heterocycles. The van der Waals surface area contributed by atoms with Crippen LogP contribution < -0.4 is 15.5 Å². The number of anilines is 3. The largest absolute Gasteiger partial charge is 0.399 e. The van der Waals surface area contributed by atoms with E-state index < -0.39 is 18.9 Å². The molecule has 2 N–H and O–H groups in total. The van der Waals surface area contributed by atoms with Gasteiger partial charge in [0.15, 0.2) is 9.84 Å². The highest BCUT2D eigenvalue weighted by atomic mass is 35.7. The summed E-state index contributed by atoms with van der Waals surface area (Å²) in [4.78, 5) is 21.9. The molecule has 4 aromatic heterocycles. The number of fused-ring (bicyclic) bond motifs is 4. The number of hydrogen-bond donors (Lipinski definition) is 1. The second-order valence-electron chi connectivity index (χ2n) is 15.3. The molecule has 65 heavy (non-hydrogen) atoms. The zero-order valence-corrected chi connectivity index (χ0v) is 39.6. The molecule has 0 aliphatic carbocycles. The molecule has 0 amide bonds. The molecule has 0 saturated carbocycles. The van der Waals surface area contributed by atoms with Crippen LogP contribution in [0.5, 0.6) is 0 Å². The van der Waals surface area contributed by atoms with Crippen LogP contribution >= 0.6 is 33.4 Å². The quantitative estimate of drug-likeness (QED) is 0.114. The first-order valence-corrected chi connectivity index (χ1v) is 25.7. The molecule has 0 radical (unpaired) electrons. The summed E-state index contributed by atoms with van der Waals surface area (Å²) in [7, 11) is 5.90. The van der Waals surface area contributed by atoms with Gasteiger partial charge in [-0.15, -0.1) is 22.7 Å². The first-order chi connectivity index (χ1) is 31.2. The monoisotopic (exact) mass is 955 g/mol. The van der Waals surface area contributed by atoms with E-state index in [-0.39, 0.29) is 10.6 Å². The third-order valence-corrected chi connectivity index (χ3v) is 15.6. The fourth-order valence-corrected chi connectivity index (χ4v) is 11.9. The van der Waals surface area contributed by atoms with Crippen molar-refractivity contribution in [2.75, 3.05) is 43.7 Å². The highest BCUT2D eigenvalue weighted by Crippen LogP contribution is 2.35. The Balaban J connectivity index is 0.000000147. The second kappa shape index (κ2) is 18.9. The molecule has 0 spiro atoms. The number of nitrogen functional groups attached to an aromatic ring is 1. The molecule has 0 aliphatic heterocycles. The summed E-state index contributed by atoms with van der Waals surface area (Å²) >= 11 is 3.18. The Morgan fingerprint density at radius 2 is 1.02 bits per heavy atom. The summed E-state index contributed by atoms with van der Waals surface area (Å²) < 4.78 is 52.0. The highest BCUT2D eigenvalue weighted by molar-refractivity contribution is 8.14. The van der Waals surface area contributed by atoms with E-state index in [1.165, 1.54) is 6.07 Å². The predicted molar refractivity (Wildman–Crippen MR) is 271 cm³/mol. The van der Waals surface area contributed by atoms with Crippen LogP contribution in [0.15, 0.2) is 168 Å². The van der Waals surface area contributed by atoms with Crippen LogP contribution in [0, 0.1) is 0 Å². The lowest BCUT2D eigenvalue weighted by Crippen LogP contribution is -2.10. The molecule has 0 unspecified atom stereocenters. The first kappa shape index (κ1) is 45.1. The average molecular weight is 957 g/mol. The van der Waals surface area contributed by atoms with E-state index in [1.54, 1.807) is 59.5 Å². The van der Waals surface area contributed by atoms with Crippen molar-refractivity contribution in [3.05, 3.63) is 164 Å². The van der Waals surface area contributed by atoms with Gasteiger partial charge in [-0.05, 0) is 60.2 Å². The van der Waals surface area contributed by atoms with Crippen molar-refractivity contribution in [3.8, 4) is 21.1 Å². The Hall–Kier alpha value is -6.49. The van der Waals surface area contributed by atoms with E-state index >= 15 is 0 Å². The van der Waals surface area contributed by atoms with Gasteiger partial charge < -0.3 is 15.5 Å². The summed E-state index contributed by atoms with van der Waals surface area (Å²) in [5.41, 5.74) is 13.0. The molecule has 0 atom stereocenters. The van der Waals surface area contributed by atoms with Crippen LogP contribution in [0.25, 0.3) is 63.1 Å². The fourth-order valence-electron chi connectivity index (χ4n) is 7.36. The van der Waals surface area contributed by atoms with Gasteiger partial charge in [0.25, 0.3) is 9.05 Å². The molecule has 6 aromatic carbocycles. The summed E-state index contributed by atoms with van der Waals surface area (Å²) in [5, 5.41) is 5.03. The van der Waals surface area contributed by atoms with Gasteiger partial charge in [0.05, 0.1) is 36.0 Å². The van der Waals surface area contributed by atoms with Crippen LogP contribution in [0.4, 0.5) is 17.1 Å². The molecule has 10 aromatic rings. The van der Waals surface area contributed by atoms with E-state index in [9.17, 15) is 16.8 Å². The Morgan fingerprint density at radius 1 is 0.554 bits per heavy atom. The molecule has 10 rings (SSSR count). The van der Waals surface area contributed by atoms with Crippen molar-refractivity contribution in [2.45, 2.75) is 15.5 Å². The lowest BCUT2D eigenvalue weighted by Gasteiger charge is -2.17. The van der Waals surface area contributed by atoms with E-state index in [2.05, 4.69) is 19.9 Å². The number of nitrogens with two attached hydrogens (primary N) is 1. The Morgan fingerprint density at radius 3 is 1.52 bits per heavy atom. The van der Waals surface area contributed by atoms with E-state index in [1.807, 2.05) is 153 Å². The third kappa shape index (κ3) is 10.1. The van der Waals surface area contributed by atoms with Crippen LogP contribution in [0.2, 0.25) is 0 Å². The molecule has 4 heterocycles. The normalized spacial score (nSPS) is 11.5. The molecule has 16 heteroatoms. The Bertz CT molecular complexity index is 3510. The number of nitrogens with zero attached hydrogens (tertiary/aromatic N) is 6. The highest BCUT2D eigenvalue weighted by Gasteiger charge is 2.21. The molecule has 11 nitrogen and oxygen atoms in total. The molecule has 328 valence electrons. The maximum Gasteiger partial charge on any atom is 0.261 e. The van der Waals surface area contributed by atoms with E-state index in [4.69, 9.17) is 16.4 Å². The first-order valence-electron chi connectivity index (χ1n) is 20.1. The molecular formula is C49H42ClN7O4S4. The van der Waals surface area contributed by atoms with Crippen molar-refractivity contribution in [2.24, 2.45) is 0 Å². The molecule has 0 fully saturated rings. The van der Waals surface area contributed by atoms with Gasteiger partial charge in [-0.1, -0.05) is 78.9 Å². The predicted octanol–water partition coefficient (Wildman–Crippen LogP) is 11.3. The van der Waals surface area contributed by atoms with Crippen molar-refractivity contribution >= 4 is 111 Å². The number of benzene rings is 6. The lowest BCUT2D eigenvalue weighted by atomic mass is 10.1. The van der Waals surface area contributed by atoms with Crippen LogP contribution in [-0.4, -0.2) is 65.0 Å². The molecule has 0 aliphatic rings. The zero-order valence-electron chi connectivity index (χ0n) is 35.6. The smallest absolute Gasteiger partial charge is 0.261 e. The maximum absolute atomic E-state index is 13.5. The molecule has 0 bridgehead atoms. The number of sulfone groups is 1. The summed E-state index contributed by atoms with van der Waals surface area (Å²) in [6, 6.07) is 41.1. The Kier molecular flexibility index (Phi) is 13.1. The van der Waals surface area contributed by atoms with E-state index in [0.717, 1.165) is 80.4 Å². The van der Waals surface area contributed by atoms with Crippen molar-refractivity contribution in [1.82, 2.24) is 19.9 Å². The van der Waals surface area contributed by atoms with Crippen molar-refractivity contribution in [3.63, 3.8) is 0 Å². The number of rotatable bonds is 8. The van der Waals surface area contributed by atoms with Crippen LogP contribution in [-0.2, 0) is 24.6 Å². The van der Waals surface area contributed by atoms with Crippen LogP contribution in [0.3, 0.4) is 0 Å². The average Bonchev–Trinajstić information content (AvgIpc) is 3.94. The summed E-state index contributed by atoms with van der Waals surface area (Å²) in [5.74, 6) is -0.0708. The summed E-state index contributed by atoms with van der Waals surface area (Å²) in [6.45, 7) is 0. The molecular weight excluding hydrogens is 914 g/mol.